The minimum atomic E-state index is -1.72. The van der Waals surface area contributed by atoms with Gasteiger partial charge in [-0.05, 0) is 66.9 Å². The van der Waals surface area contributed by atoms with Crippen LogP contribution in [0.3, 0.4) is 0 Å². The highest BCUT2D eigenvalue weighted by molar-refractivity contribution is 5.92. The van der Waals surface area contributed by atoms with Crippen molar-refractivity contribution in [3.8, 4) is 0 Å². The lowest BCUT2D eigenvalue weighted by molar-refractivity contribution is -0.186. The van der Waals surface area contributed by atoms with Crippen LogP contribution in [0.15, 0.2) is 11.6 Å². The van der Waals surface area contributed by atoms with Gasteiger partial charge in [0.05, 0.1) is 6.10 Å². The third-order valence-corrected chi connectivity index (χ3v) is 8.89. The third kappa shape index (κ3) is 2.84. The molecular weight excluding hydrogens is 391 g/mol. The zero-order valence-electron chi connectivity index (χ0n) is 17.8. The predicted molar refractivity (Wildman–Crippen MR) is 105 cm³/mol. The number of aliphatic hydroxyl groups excluding tert-OH is 1. The fourth-order valence-corrected chi connectivity index (χ4v) is 7.44. The van der Waals surface area contributed by atoms with Crippen molar-refractivity contribution in [1.82, 2.24) is 0 Å². The molecule has 4 rings (SSSR count). The van der Waals surface area contributed by atoms with E-state index in [1.54, 1.807) is 6.92 Å². The first-order chi connectivity index (χ1) is 13.9. The molecule has 2 N–H and O–H groups in total. The van der Waals surface area contributed by atoms with Gasteiger partial charge in [-0.3, -0.25) is 14.4 Å². The summed E-state index contributed by atoms with van der Waals surface area (Å²) in [4.78, 5) is 35.9. The van der Waals surface area contributed by atoms with Gasteiger partial charge in [0.2, 0.25) is 5.78 Å². The fraction of sp³-hybridized carbons (Fsp3) is 0.783. The van der Waals surface area contributed by atoms with Crippen LogP contribution in [0.2, 0.25) is 0 Å². The number of aliphatic hydroxyl groups is 2. The van der Waals surface area contributed by atoms with Gasteiger partial charge in [0.15, 0.2) is 12.4 Å². The summed E-state index contributed by atoms with van der Waals surface area (Å²) in [6.07, 6.45) is 1.37. The molecule has 4 aliphatic carbocycles. The number of Topliss-reactive ketones (excluding diaryl/α,β-unsaturated/α-hetero) is 1. The molecule has 0 aliphatic heterocycles. The van der Waals surface area contributed by atoms with E-state index < -0.39 is 47.1 Å². The topological polar surface area (TPSA) is 101 Å². The molecular formula is C23H31FO6. The zero-order chi connectivity index (χ0) is 22.1. The first kappa shape index (κ1) is 21.6. The number of hydrogen-bond acceptors (Lipinski definition) is 6. The fourth-order valence-electron chi connectivity index (χ4n) is 7.44. The van der Waals surface area contributed by atoms with Crippen molar-refractivity contribution in [2.75, 3.05) is 6.61 Å². The monoisotopic (exact) mass is 422 g/mol. The van der Waals surface area contributed by atoms with Gasteiger partial charge in [0.25, 0.3) is 0 Å². The molecule has 8 atom stereocenters. The molecule has 166 valence electrons. The van der Waals surface area contributed by atoms with Gasteiger partial charge in [-0.15, -0.1) is 0 Å². The highest BCUT2D eigenvalue weighted by atomic mass is 19.1. The summed E-state index contributed by atoms with van der Waals surface area (Å²) in [5.74, 6) is -1.76. The molecule has 0 aromatic rings. The number of ketones is 2. The highest BCUT2D eigenvalue weighted by Gasteiger charge is 2.69. The Morgan fingerprint density at radius 3 is 2.67 bits per heavy atom. The maximum absolute atomic E-state index is 15.3. The van der Waals surface area contributed by atoms with Crippen LogP contribution in [0.25, 0.3) is 0 Å². The number of alkyl halides is 1. The molecule has 3 saturated carbocycles. The Morgan fingerprint density at radius 1 is 1.30 bits per heavy atom. The van der Waals surface area contributed by atoms with Crippen LogP contribution in [0.1, 0.15) is 59.3 Å². The number of esters is 1. The number of hydrogen-bond donors (Lipinski definition) is 2. The number of halogens is 1. The van der Waals surface area contributed by atoms with Crippen molar-refractivity contribution < 1.29 is 33.7 Å². The molecule has 0 saturated heterocycles. The number of carbonyl (C=O) groups excluding carboxylic acids is 3. The SMILES string of the molecule is CC(=O)OCC(=O)[C@@]1(O)CC[C@H]2[C@@H]3CC(F)C4=CC(=O)CC[C@]4(C)[C@H]3C(O)C[C@@]21C. The van der Waals surface area contributed by atoms with E-state index in [1.165, 1.54) is 13.0 Å². The van der Waals surface area contributed by atoms with Crippen LogP contribution in [0, 0.1) is 28.6 Å². The second kappa shape index (κ2) is 6.95. The molecule has 4 aliphatic rings. The summed E-state index contributed by atoms with van der Waals surface area (Å²) in [6, 6.07) is 0. The van der Waals surface area contributed by atoms with Crippen LogP contribution in [-0.2, 0) is 19.1 Å². The number of allylic oxidation sites excluding steroid dienone is 1. The van der Waals surface area contributed by atoms with Gasteiger partial charge in [-0.2, -0.15) is 0 Å². The lowest BCUT2D eigenvalue weighted by Crippen LogP contribution is -2.63. The maximum atomic E-state index is 15.3. The van der Waals surface area contributed by atoms with Crippen molar-refractivity contribution in [3.63, 3.8) is 0 Å². The van der Waals surface area contributed by atoms with Crippen molar-refractivity contribution in [1.29, 1.82) is 0 Å². The molecule has 2 unspecified atom stereocenters. The molecule has 0 radical (unpaired) electrons. The smallest absolute Gasteiger partial charge is 0.303 e. The Hall–Kier alpha value is -1.60. The van der Waals surface area contributed by atoms with Crippen LogP contribution < -0.4 is 0 Å². The normalized spacial score (nSPS) is 47.6. The standard InChI is InChI=1S/C23H31FO6/c1-12(25)30-11-19(28)23(29)7-5-15-14-9-17(24)16-8-13(26)4-6-21(16,2)20(14)18(27)10-22(15,23)3/h8,14-15,17-18,20,27,29H,4-7,9-11H2,1-3H3/t14-,15-,17?,18?,20+,21-,22-,23-/m0/s1. The molecule has 0 heterocycles. The Kier molecular flexibility index (Phi) is 5.01. The summed E-state index contributed by atoms with van der Waals surface area (Å²) in [6.45, 7) is 4.46. The second-order valence-electron chi connectivity index (χ2n) is 10.3. The van der Waals surface area contributed by atoms with E-state index in [0.717, 1.165) is 0 Å². The minimum absolute atomic E-state index is 0.0648. The van der Waals surface area contributed by atoms with E-state index in [2.05, 4.69) is 0 Å². The second-order valence-corrected chi connectivity index (χ2v) is 10.3. The van der Waals surface area contributed by atoms with Gasteiger partial charge in [0.1, 0.15) is 11.8 Å². The maximum Gasteiger partial charge on any atom is 0.303 e. The largest absolute Gasteiger partial charge is 0.458 e. The predicted octanol–water partition coefficient (Wildman–Crippen LogP) is 2.30. The van der Waals surface area contributed by atoms with Crippen LogP contribution in [0.4, 0.5) is 4.39 Å². The number of rotatable bonds is 3. The molecule has 0 amide bonds. The summed E-state index contributed by atoms with van der Waals surface area (Å²) in [5.41, 5.74) is -2.74. The average molecular weight is 422 g/mol. The van der Waals surface area contributed by atoms with Crippen molar-refractivity contribution in [2.45, 2.75) is 77.2 Å². The quantitative estimate of drug-likeness (QED) is 0.677. The van der Waals surface area contributed by atoms with Crippen LogP contribution >= 0.6 is 0 Å². The average Bonchev–Trinajstić information content (AvgIpc) is 2.93. The van der Waals surface area contributed by atoms with Crippen molar-refractivity contribution in [2.24, 2.45) is 28.6 Å². The lowest BCUT2D eigenvalue weighted by atomic mass is 9.45. The van der Waals surface area contributed by atoms with E-state index in [9.17, 15) is 24.6 Å². The Morgan fingerprint density at radius 2 is 2.00 bits per heavy atom. The van der Waals surface area contributed by atoms with E-state index in [0.29, 0.717) is 24.8 Å². The van der Waals surface area contributed by atoms with E-state index in [4.69, 9.17) is 4.74 Å². The molecule has 0 aromatic carbocycles. The van der Waals surface area contributed by atoms with E-state index >= 15 is 4.39 Å². The van der Waals surface area contributed by atoms with Crippen LogP contribution in [0.5, 0.6) is 0 Å². The summed E-state index contributed by atoms with van der Waals surface area (Å²) in [5, 5.41) is 22.7. The van der Waals surface area contributed by atoms with Gasteiger partial charge in [-0.1, -0.05) is 13.8 Å². The Labute approximate surface area is 175 Å². The summed E-state index contributed by atoms with van der Waals surface area (Å²) in [7, 11) is 0. The van der Waals surface area contributed by atoms with Gasteiger partial charge in [-0.25, -0.2) is 4.39 Å². The first-order valence-electron chi connectivity index (χ1n) is 10.9. The molecule has 3 fully saturated rings. The molecule has 0 bridgehead atoms. The van der Waals surface area contributed by atoms with E-state index in [1.807, 2.05) is 6.92 Å². The highest BCUT2D eigenvalue weighted by Crippen LogP contribution is 2.67. The molecule has 0 spiro atoms. The zero-order valence-corrected chi connectivity index (χ0v) is 17.8. The third-order valence-electron chi connectivity index (χ3n) is 8.89. The van der Waals surface area contributed by atoms with Gasteiger partial charge < -0.3 is 14.9 Å². The van der Waals surface area contributed by atoms with Gasteiger partial charge >= 0.3 is 5.97 Å². The van der Waals surface area contributed by atoms with Gasteiger partial charge in [0, 0.05) is 18.8 Å². The summed E-state index contributed by atoms with van der Waals surface area (Å²) >= 11 is 0. The van der Waals surface area contributed by atoms with E-state index in [-0.39, 0.29) is 42.8 Å². The number of carbonyl (C=O) groups is 3. The molecule has 0 aromatic heterocycles. The lowest BCUT2D eigenvalue weighted by Gasteiger charge is -2.61. The van der Waals surface area contributed by atoms with Crippen LogP contribution in [-0.4, -0.2) is 52.2 Å². The molecule has 30 heavy (non-hydrogen) atoms. The first-order valence-corrected chi connectivity index (χ1v) is 10.9. The van der Waals surface area contributed by atoms with Crippen molar-refractivity contribution in [3.05, 3.63) is 11.6 Å². The minimum Gasteiger partial charge on any atom is -0.458 e. The number of fused-ring (bicyclic) bond motifs is 5. The Bertz CT molecular complexity index is 823. The summed E-state index contributed by atoms with van der Waals surface area (Å²) < 4.78 is 20.1. The van der Waals surface area contributed by atoms with Crippen molar-refractivity contribution >= 4 is 17.5 Å². The number of ether oxygens (including phenoxy) is 1. The molecule has 6 nitrogen and oxygen atoms in total. The Balaban J connectivity index is 1.69. The molecule has 7 heteroatoms.